The fraction of sp³-hybridized carbons (Fsp3) is 0.667. The smallest absolute Gasteiger partial charge is 0.282 e. The van der Waals surface area contributed by atoms with Gasteiger partial charge < -0.3 is 11.1 Å². The summed E-state index contributed by atoms with van der Waals surface area (Å²) < 4.78 is 0. The first-order chi connectivity index (χ1) is 7.69. The third kappa shape index (κ3) is 2.65. The molecule has 0 radical (unpaired) electrons. The number of nitrogens with one attached hydrogen (secondary N) is 1. The summed E-state index contributed by atoms with van der Waals surface area (Å²) in [5.74, 6) is -0.152. The van der Waals surface area contributed by atoms with Crippen molar-refractivity contribution in [2.75, 3.05) is 12.0 Å². The average Bonchev–Trinajstić information content (AvgIpc) is 2.87. The van der Waals surface area contributed by atoms with Gasteiger partial charge in [0.15, 0.2) is 0 Å². The van der Waals surface area contributed by atoms with Gasteiger partial charge in [-0.2, -0.15) is 11.8 Å². The summed E-state index contributed by atoms with van der Waals surface area (Å²) in [7, 11) is 0. The molecule has 3 N–H and O–H groups in total. The predicted molar refractivity (Wildman–Crippen MR) is 66.7 cm³/mol. The number of nitrogens with zero attached hydrogens (tertiary/aromatic N) is 2. The molecule has 16 heavy (non-hydrogen) atoms. The molecule has 7 heteroatoms. The first kappa shape index (κ1) is 11.7. The second-order valence-corrected chi connectivity index (χ2v) is 5.93. The van der Waals surface area contributed by atoms with E-state index in [0.29, 0.717) is 15.4 Å². The van der Waals surface area contributed by atoms with Crippen molar-refractivity contribution in [2.24, 2.45) is 0 Å². The molecule has 1 saturated carbocycles. The number of hydrogen-bond donors (Lipinski definition) is 2. The Bertz CT molecular complexity index is 381. The first-order valence-corrected chi connectivity index (χ1v) is 7.22. The molecule has 0 saturated heterocycles. The fourth-order valence-corrected chi connectivity index (χ4v) is 3.17. The lowest BCUT2D eigenvalue weighted by molar-refractivity contribution is 0.0937. The first-order valence-electron chi connectivity index (χ1n) is 5.11. The SMILES string of the molecule is CSC1CCC(NC(=O)c2nnc(N)s2)C1. The Morgan fingerprint density at radius 1 is 1.56 bits per heavy atom. The van der Waals surface area contributed by atoms with Crippen molar-refractivity contribution in [1.29, 1.82) is 0 Å². The van der Waals surface area contributed by atoms with Crippen molar-refractivity contribution < 1.29 is 4.79 Å². The number of nitrogens with two attached hydrogens (primary N) is 1. The van der Waals surface area contributed by atoms with Gasteiger partial charge in [-0.05, 0) is 25.5 Å². The lowest BCUT2D eigenvalue weighted by Gasteiger charge is -2.10. The Labute approximate surface area is 102 Å². The molecular formula is C9H14N4OS2. The molecule has 1 aliphatic carbocycles. The number of amides is 1. The quantitative estimate of drug-likeness (QED) is 0.849. The minimum absolute atomic E-state index is 0.152. The maximum Gasteiger partial charge on any atom is 0.282 e. The van der Waals surface area contributed by atoms with E-state index in [0.717, 1.165) is 24.2 Å². The van der Waals surface area contributed by atoms with Crippen LogP contribution in [0.5, 0.6) is 0 Å². The molecule has 0 bridgehead atoms. The van der Waals surface area contributed by atoms with Gasteiger partial charge in [0.1, 0.15) is 0 Å². The Morgan fingerprint density at radius 2 is 2.38 bits per heavy atom. The van der Waals surface area contributed by atoms with Crippen molar-refractivity contribution >= 4 is 34.1 Å². The molecule has 0 aromatic carbocycles. The molecule has 88 valence electrons. The van der Waals surface area contributed by atoms with Gasteiger partial charge in [0, 0.05) is 11.3 Å². The molecule has 1 aromatic heterocycles. The number of aromatic nitrogens is 2. The highest BCUT2D eigenvalue weighted by molar-refractivity contribution is 7.99. The number of anilines is 1. The topological polar surface area (TPSA) is 80.9 Å². The zero-order valence-corrected chi connectivity index (χ0v) is 10.6. The van der Waals surface area contributed by atoms with Crippen LogP contribution < -0.4 is 11.1 Å². The van der Waals surface area contributed by atoms with E-state index in [9.17, 15) is 4.79 Å². The summed E-state index contributed by atoms with van der Waals surface area (Å²) in [4.78, 5) is 11.7. The summed E-state index contributed by atoms with van der Waals surface area (Å²) in [6, 6.07) is 0.273. The zero-order chi connectivity index (χ0) is 11.5. The lowest BCUT2D eigenvalue weighted by atomic mass is 10.2. The summed E-state index contributed by atoms with van der Waals surface area (Å²) in [6.45, 7) is 0. The van der Waals surface area contributed by atoms with Crippen LogP contribution in [-0.2, 0) is 0 Å². The van der Waals surface area contributed by atoms with Gasteiger partial charge in [-0.1, -0.05) is 11.3 Å². The summed E-state index contributed by atoms with van der Waals surface area (Å²) in [5, 5.41) is 11.7. The maximum atomic E-state index is 11.7. The van der Waals surface area contributed by atoms with Crippen molar-refractivity contribution in [3.8, 4) is 0 Å². The van der Waals surface area contributed by atoms with Crippen LogP contribution in [0, 0.1) is 0 Å². The third-order valence-electron chi connectivity index (χ3n) is 2.69. The Morgan fingerprint density at radius 3 is 2.94 bits per heavy atom. The molecule has 1 heterocycles. The van der Waals surface area contributed by atoms with Crippen LogP contribution in [0.4, 0.5) is 5.13 Å². The monoisotopic (exact) mass is 258 g/mol. The van der Waals surface area contributed by atoms with Crippen molar-refractivity contribution in [3.05, 3.63) is 5.01 Å². The number of rotatable bonds is 3. The van der Waals surface area contributed by atoms with Crippen LogP contribution in [-0.4, -0.2) is 33.7 Å². The Balaban J connectivity index is 1.89. The molecule has 1 aliphatic rings. The standard InChI is InChI=1S/C9H14N4OS2/c1-15-6-3-2-5(4-6)11-7(14)8-12-13-9(10)16-8/h5-6H,2-4H2,1H3,(H2,10,13)(H,11,14). The van der Waals surface area contributed by atoms with E-state index in [-0.39, 0.29) is 11.9 Å². The van der Waals surface area contributed by atoms with Crippen LogP contribution in [0.1, 0.15) is 29.1 Å². The molecule has 1 fully saturated rings. The number of thioether (sulfide) groups is 1. The van der Waals surface area contributed by atoms with Gasteiger partial charge in [0.25, 0.3) is 5.91 Å². The highest BCUT2D eigenvalue weighted by Gasteiger charge is 2.26. The molecule has 0 aliphatic heterocycles. The largest absolute Gasteiger partial charge is 0.374 e. The molecule has 5 nitrogen and oxygen atoms in total. The minimum Gasteiger partial charge on any atom is -0.374 e. The van der Waals surface area contributed by atoms with E-state index in [1.807, 2.05) is 11.8 Å². The zero-order valence-electron chi connectivity index (χ0n) is 8.97. The predicted octanol–water partition coefficient (Wildman–Crippen LogP) is 1.13. The lowest BCUT2D eigenvalue weighted by Crippen LogP contribution is -2.33. The van der Waals surface area contributed by atoms with Crippen LogP contribution in [0.25, 0.3) is 0 Å². The fourth-order valence-electron chi connectivity index (χ4n) is 1.86. The maximum absolute atomic E-state index is 11.7. The van der Waals surface area contributed by atoms with Gasteiger partial charge in [-0.15, -0.1) is 10.2 Å². The van der Waals surface area contributed by atoms with E-state index in [4.69, 9.17) is 5.73 Å². The molecule has 1 amide bonds. The van der Waals surface area contributed by atoms with Gasteiger partial charge in [0.2, 0.25) is 10.1 Å². The van der Waals surface area contributed by atoms with E-state index in [1.165, 1.54) is 6.42 Å². The molecule has 2 rings (SSSR count). The highest BCUT2D eigenvalue weighted by atomic mass is 32.2. The van der Waals surface area contributed by atoms with Crippen LogP contribution in [0.3, 0.4) is 0 Å². The summed E-state index contributed by atoms with van der Waals surface area (Å²) in [5.41, 5.74) is 5.43. The van der Waals surface area contributed by atoms with E-state index < -0.39 is 0 Å². The number of carbonyl (C=O) groups excluding carboxylic acids is 1. The summed E-state index contributed by atoms with van der Waals surface area (Å²) >= 11 is 2.99. The number of hydrogen-bond acceptors (Lipinski definition) is 6. The minimum atomic E-state index is -0.152. The molecule has 0 spiro atoms. The summed E-state index contributed by atoms with van der Waals surface area (Å²) in [6.07, 6.45) is 5.37. The molecule has 2 unspecified atom stereocenters. The van der Waals surface area contributed by atoms with E-state index >= 15 is 0 Å². The normalized spacial score (nSPS) is 24.6. The van der Waals surface area contributed by atoms with Crippen LogP contribution >= 0.6 is 23.1 Å². The van der Waals surface area contributed by atoms with Crippen LogP contribution in [0.15, 0.2) is 0 Å². The van der Waals surface area contributed by atoms with Gasteiger partial charge in [-0.25, -0.2) is 0 Å². The van der Waals surface area contributed by atoms with Crippen molar-refractivity contribution in [2.45, 2.75) is 30.6 Å². The number of nitrogen functional groups attached to an aromatic ring is 1. The van der Waals surface area contributed by atoms with Gasteiger partial charge >= 0.3 is 0 Å². The number of carbonyl (C=O) groups is 1. The Hall–Kier alpha value is -0.820. The average molecular weight is 258 g/mol. The van der Waals surface area contributed by atoms with E-state index in [1.54, 1.807) is 0 Å². The molecule has 1 aromatic rings. The van der Waals surface area contributed by atoms with Crippen LogP contribution in [0.2, 0.25) is 0 Å². The molecular weight excluding hydrogens is 244 g/mol. The molecule has 2 atom stereocenters. The van der Waals surface area contributed by atoms with E-state index in [2.05, 4.69) is 21.8 Å². The second kappa shape index (κ2) is 5.01. The van der Waals surface area contributed by atoms with Gasteiger partial charge in [0.05, 0.1) is 0 Å². The highest BCUT2D eigenvalue weighted by Crippen LogP contribution is 2.28. The second-order valence-electron chi connectivity index (χ2n) is 3.79. The Kier molecular flexibility index (Phi) is 3.65. The third-order valence-corrected chi connectivity index (χ3v) is 4.53. The van der Waals surface area contributed by atoms with Gasteiger partial charge in [-0.3, -0.25) is 4.79 Å². The van der Waals surface area contributed by atoms with Crippen molar-refractivity contribution in [3.63, 3.8) is 0 Å². The van der Waals surface area contributed by atoms with Crippen molar-refractivity contribution in [1.82, 2.24) is 15.5 Å².